The molecule has 0 aromatic carbocycles. The molecule has 1 rings (SSSR count). The molecule has 2 unspecified atom stereocenters. The lowest BCUT2D eigenvalue weighted by molar-refractivity contribution is 0.153. The number of nitrogens with two attached hydrogens (primary N) is 1. The van der Waals surface area contributed by atoms with Crippen molar-refractivity contribution in [2.24, 2.45) is 5.73 Å². The fourth-order valence-electron chi connectivity index (χ4n) is 1.02. The van der Waals surface area contributed by atoms with E-state index >= 15 is 0 Å². The zero-order chi connectivity index (χ0) is 9.84. The first-order valence-electron chi connectivity index (χ1n) is 4.08. The van der Waals surface area contributed by atoms with Crippen LogP contribution >= 0.6 is 0 Å². The van der Waals surface area contributed by atoms with E-state index in [1.807, 2.05) is 0 Å². The lowest BCUT2D eigenvalue weighted by atomic mass is 10.1. The minimum atomic E-state index is -0.670. The van der Waals surface area contributed by atoms with E-state index in [9.17, 15) is 5.11 Å². The summed E-state index contributed by atoms with van der Waals surface area (Å²) in [5.74, 6) is 0.484. The summed E-state index contributed by atoms with van der Waals surface area (Å²) in [4.78, 5) is 3.93. The van der Waals surface area contributed by atoms with Gasteiger partial charge in [0.1, 0.15) is 0 Å². The normalized spacial score (nSPS) is 15.1. The van der Waals surface area contributed by atoms with Crippen molar-refractivity contribution in [1.82, 2.24) is 4.98 Å². The van der Waals surface area contributed by atoms with E-state index in [-0.39, 0.29) is 6.04 Å². The van der Waals surface area contributed by atoms with Crippen molar-refractivity contribution in [3.8, 4) is 5.88 Å². The first-order chi connectivity index (χ1) is 6.15. The number of ether oxygens (including phenoxy) is 1. The summed E-state index contributed by atoms with van der Waals surface area (Å²) in [7, 11) is 1.53. The van der Waals surface area contributed by atoms with Crippen LogP contribution in [0.1, 0.15) is 18.6 Å². The third-order valence-electron chi connectivity index (χ3n) is 1.81. The van der Waals surface area contributed by atoms with Crippen molar-refractivity contribution >= 4 is 0 Å². The average Bonchev–Trinajstić information content (AvgIpc) is 2.16. The maximum absolute atomic E-state index is 9.61. The van der Waals surface area contributed by atoms with Gasteiger partial charge in [-0.25, -0.2) is 4.98 Å². The molecule has 1 aromatic heterocycles. The maximum Gasteiger partial charge on any atom is 0.213 e. The summed E-state index contributed by atoms with van der Waals surface area (Å²) in [6.45, 7) is 1.75. The van der Waals surface area contributed by atoms with Gasteiger partial charge in [0, 0.05) is 18.3 Å². The molecule has 4 heteroatoms. The number of aliphatic hydroxyl groups excluding tert-OH is 1. The van der Waals surface area contributed by atoms with Crippen LogP contribution in [0.5, 0.6) is 5.88 Å². The monoisotopic (exact) mass is 182 g/mol. The van der Waals surface area contributed by atoms with Crippen molar-refractivity contribution in [2.75, 3.05) is 7.11 Å². The van der Waals surface area contributed by atoms with Crippen LogP contribution in [0.2, 0.25) is 0 Å². The second kappa shape index (κ2) is 4.20. The minimum Gasteiger partial charge on any atom is -0.481 e. The zero-order valence-corrected chi connectivity index (χ0v) is 7.77. The smallest absolute Gasteiger partial charge is 0.213 e. The van der Waals surface area contributed by atoms with E-state index in [1.165, 1.54) is 7.11 Å². The van der Waals surface area contributed by atoms with Gasteiger partial charge in [-0.3, -0.25) is 0 Å². The predicted octanol–water partition coefficient (Wildman–Crippen LogP) is 0.471. The van der Waals surface area contributed by atoms with Gasteiger partial charge in [-0.05, 0) is 18.6 Å². The van der Waals surface area contributed by atoms with E-state index in [2.05, 4.69) is 4.98 Å². The van der Waals surface area contributed by atoms with Crippen molar-refractivity contribution in [2.45, 2.75) is 19.1 Å². The highest BCUT2D eigenvalue weighted by atomic mass is 16.5. The Hall–Kier alpha value is -1.13. The summed E-state index contributed by atoms with van der Waals surface area (Å²) in [5.41, 5.74) is 6.27. The molecule has 0 aliphatic rings. The summed E-state index contributed by atoms with van der Waals surface area (Å²) >= 11 is 0. The number of aliphatic hydroxyl groups is 1. The van der Waals surface area contributed by atoms with Crippen molar-refractivity contribution in [3.63, 3.8) is 0 Å². The van der Waals surface area contributed by atoms with Gasteiger partial charge in [0.05, 0.1) is 13.2 Å². The van der Waals surface area contributed by atoms with Crippen LogP contribution in [0.3, 0.4) is 0 Å². The number of rotatable bonds is 3. The molecule has 4 nitrogen and oxygen atoms in total. The Morgan fingerprint density at radius 3 is 2.85 bits per heavy atom. The molecule has 0 amide bonds. The molecule has 0 saturated heterocycles. The molecule has 1 heterocycles. The van der Waals surface area contributed by atoms with Gasteiger partial charge in [0.2, 0.25) is 5.88 Å². The number of methoxy groups -OCH3 is 1. The van der Waals surface area contributed by atoms with Gasteiger partial charge in [-0.1, -0.05) is 0 Å². The van der Waals surface area contributed by atoms with Crippen LogP contribution in [0.4, 0.5) is 0 Å². The fourth-order valence-corrected chi connectivity index (χ4v) is 1.02. The first kappa shape index (κ1) is 9.95. The summed E-state index contributed by atoms with van der Waals surface area (Å²) < 4.78 is 4.92. The number of nitrogens with zero attached hydrogens (tertiary/aromatic N) is 1. The molecule has 0 spiro atoms. The number of hydrogen-bond donors (Lipinski definition) is 2. The SMILES string of the molecule is COc1cc(C(O)C(C)N)ccn1. The van der Waals surface area contributed by atoms with Crippen LogP contribution < -0.4 is 10.5 Å². The Kier molecular flexibility index (Phi) is 3.22. The van der Waals surface area contributed by atoms with E-state index in [1.54, 1.807) is 25.3 Å². The minimum absolute atomic E-state index is 0.299. The molecule has 2 atom stereocenters. The van der Waals surface area contributed by atoms with Gasteiger partial charge in [-0.15, -0.1) is 0 Å². The van der Waals surface area contributed by atoms with Gasteiger partial charge in [0.25, 0.3) is 0 Å². The van der Waals surface area contributed by atoms with E-state index in [4.69, 9.17) is 10.5 Å². The topological polar surface area (TPSA) is 68.4 Å². The quantitative estimate of drug-likeness (QED) is 0.713. The molecule has 1 aromatic rings. The average molecular weight is 182 g/mol. The summed E-state index contributed by atoms with van der Waals surface area (Å²) in [5, 5.41) is 9.61. The molecular formula is C9H14N2O2. The number of hydrogen-bond acceptors (Lipinski definition) is 4. The molecule has 0 aliphatic carbocycles. The van der Waals surface area contributed by atoms with Crippen molar-refractivity contribution in [3.05, 3.63) is 23.9 Å². The standard InChI is InChI=1S/C9H14N2O2/c1-6(10)9(12)7-3-4-11-8(5-7)13-2/h3-6,9,12H,10H2,1-2H3. The van der Waals surface area contributed by atoms with E-state index < -0.39 is 6.10 Å². The summed E-state index contributed by atoms with van der Waals surface area (Å²) in [6.07, 6.45) is 0.914. The highest BCUT2D eigenvalue weighted by Gasteiger charge is 2.12. The van der Waals surface area contributed by atoms with Crippen molar-refractivity contribution in [1.29, 1.82) is 0 Å². The molecule has 0 fully saturated rings. The molecule has 0 radical (unpaired) electrons. The van der Waals surface area contributed by atoms with Gasteiger partial charge in [-0.2, -0.15) is 0 Å². The second-order valence-electron chi connectivity index (χ2n) is 2.94. The van der Waals surface area contributed by atoms with Crippen molar-refractivity contribution < 1.29 is 9.84 Å². The Morgan fingerprint density at radius 1 is 1.62 bits per heavy atom. The highest BCUT2D eigenvalue weighted by molar-refractivity contribution is 5.23. The Balaban J connectivity index is 2.88. The molecular weight excluding hydrogens is 168 g/mol. The van der Waals surface area contributed by atoms with Crippen LogP contribution in [-0.4, -0.2) is 23.2 Å². The van der Waals surface area contributed by atoms with E-state index in [0.717, 1.165) is 5.56 Å². The predicted molar refractivity (Wildman–Crippen MR) is 49.4 cm³/mol. The second-order valence-corrected chi connectivity index (χ2v) is 2.94. The Labute approximate surface area is 77.4 Å². The highest BCUT2D eigenvalue weighted by Crippen LogP contribution is 2.18. The molecule has 0 aliphatic heterocycles. The molecule has 72 valence electrons. The van der Waals surface area contributed by atoms with Crippen LogP contribution in [0, 0.1) is 0 Å². The number of pyridine rings is 1. The first-order valence-corrected chi connectivity index (χ1v) is 4.08. The third-order valence-corrected chi connectivity index (χ3v) is 1.81. The fraction of sp³-hybridized carbons (Fsp3) is 0.444. The van der Waals surface area contributed by atoms with Crippen LogP contribution in [0.15, 0.2) is 18.3 Å². The van der Waals surface area contributed by atoms with E-state index in [0.29, 0.717) is 5.88 Å². The lowest BCUT2D eigenvalue weighted by Gasteiger charge is -2.14. The Bertz CT molecular complexity index is 276. The zero-order valence-electron chi connectivity index (χ0n) is 7.77. The summed E-state index contributed by atoms with van der Waals surface area (Å²) in [6, 6.07) is 3.09. The molecule has 13 heavy (non-hydrogen) atoms. The lowest BCUT2D eigenvalue weighted by Crippen LogP contribution is -2.24. The van der Waals surface area contributed by atoms with Gasteiger partial charge >= 0.3 is 0 Å². The largest absolute Gasteiger partial charge is 0.481 e. The molecule has 3 N–H and O–H groups in total. The molecule has 0 bridgehead atoms. The Morgan fingerprint density at radius 2 is 2.31 bits per heavy atom. The molecule has 0 saturated carbocycles. The number of aromatic nitrogens is 1. The van der Waals surface area contributed by atoms with Gasteiger partial charge in [0.15, 0.2) is 0 Å². The van der Waals surface area contributed by atoms with Gasteiger partial charge < -0.3 is 15.6 Å². The van der Waals surface area contributed by atoms with Crippen LogP contribution in [-0.2, 0) is 0 Å². The third kappa shape index (κ3) is 2.40. The maximum atomic E-state index is 9.61. The van der Waals surface area contributed by atoms with Crippen LogP contribution in [0.25, 0.3) is 0 Å².